The van der Waals surface area contributed by atoms with E-state index in [4.69, 9.17) is 5.11 Å². The molecule has 2 aromatic rings. The van der Waals surface area contributed by atoms with Crippen LogP contribution >= 0.6 is 0 Å². The third-order valence-corrected chi connectivity index (χ3v) is 2.52. The van der Waals surface area contributed by atoms with Crippen molar-refractivity contribution >= 4 is 17.6 Å². The molecule has 1 aromatic heterocycles. The molecule has 0 atom stereocenters. The van der Waals surface area contributed by atoms with E-state index in [2.05, 4.69) is 5.10 Å². The van der Waals surface area contributed by atoms with E-state index in [0.717, 1.165) is 0 Å². The summed E-state index contributed by atoms with van der Waals surface area (Å²) in [6.07, 6.45) is 3.22. The van der Waals surface area contributed by atoms with Gasteiger partial charge >= 0.3 is 5.97 Å². The molecule has 0 bridgehead atoms. The molecule has 0 spiro atoms. The van der Waals surface area contributed by atoms with Gasteiger partial charge in [0, 0.05) is 18.1 Å². The van der Waals surface area contributed by atoms with Crippen molar-refractivity contribution in [1.82, 2.24) is 9.78 Å². The van der Waals surface area contributed by atoms with E-state index >= 15 is 0 Å². The van der Waals surface area contributed by atoms with Crippen LogP contribution in [-0.2, 0) is 16.1 Å². The average molecular weight is 259 g/mol. The van der Waals surface area contributed by atoms with Crippen LogP contribution in [0.1, 0.15) is 0 Å². The Morgan fingerprint density at radius 1 is 1.21 bits per heavy atom. The lowest BCUT2D eigenvalue weighted by atomic mass is 10.3. The summed E-state index contributed by atoms with van der Waals surface area (Å²) in [5.41, 5.74) is 0.557. The Kier molecular flexibility index (Phi) is 3.92. The maximum atomic E-state index is 12.1. The number of carboxylic acids is 1. The number of carbonyl (C=O) groups is 2. The highest BCUT2D eigenvalue weighted by atomic mass is 16.4. The van der Waals surface area contributed by atoms with Crippen LogP contribution in [0.5, 0.6) is 0 Å². The standard InChI is InChI=1S/C13H13N3O3/c17-12(9-15-8-4-7-14-15)16(10-13(18)19)11-5-2-1-3-6-11/h1-8H,9-10H2,(H,18,19). The maximum Gasteiger partial charge on any atom is 0.323 e. The molecule has 98 valence electrons. The van der Waals surface area contributed by atoms with E-state index in [-0.39, 0.29) is 19.0 Å². The molecule has 6 heteroatoms. The van der Waals surface area contributed by atoms with Crippen LogP contribution in [0.4, 0.5) is 5.69 Å². The van der Waals surface area contributed by atoms with Crippen LogP contribution in [0.3, 0.4) is 0 Å². The van der Waals surface area contributed by atoms with Gasteiger partial charge in [-0.05, 0) is 18.2 Å². The van der Waals surface area contributed by atoms with Crippen molar-refractivity contribution in [2.45, 2.75) is 6.54 Å². The van der Waals surface area contributed by atoms with Gasteiger partial charge in [0.05, 0.1) is 0 Å². The molecule has 1 heterocycles. The first-order valence-electron chi connectivity index (χ1n) is 5.71. The number of amides is 1. The first-order chi connectivity index (χ1) is 9.16. The predicted molar refractivity (Wildman–Crippen MR) is 68.7 cm³/mol. The fourth-order valence-electron chi connectivity index (χ4n) is 1.68. The number of rotatable bonds is 5. The van der Waals surface area contributed by atoms with Gasteiger partial charge in [-0.3, -0.25) is 19.2 Å². The molecule has 1 aromatic carbocycles. The summed E-state index contributed by atoms with van der Waals surface area (Å²) in [7, 11) is 0. The summed E-state index contributed by atoms with van der Waals surface area (Å²) in [5.74, 6) is -1.38. The smallest absolute Gasteiger partial charge is 0.323 e. The summed E-state index contributed by atoms with van der Waals surface area (Å²) >= 11 is 0. The first kappa shape index (κ1) is 12.8. The number of benzene rings is 1. The summed E-state index contributed by atoms with van der Waals surface area (Å²) in [6.45, 7) is -0.362. The number of aromatic nitrogens is 2. The summed E-state index contributed by atoms with van der Waals surface area (Å²) in [6, 6.07) is 10.4. The highest BCUT2D eigenvalue weighted by molar-refractivity contribution is 5.97. The Morgan fingerprint density at radius 2 is 1.95 bits per heavy atom. The maximum absolute atomic E-state index is 12.1. The molecule has 0 saturated carbocycles. The Bertz CT molecular complexity index is 552. The lowest BCUT2D eigenvalue weighted by Gasteiger charge is -2.20. The Morgan fingerprint density at radius 3 is 2.53 bits per heavy atom. The minimum atomic E-state index is -1.06. The quantitative estimate of drug-likeness (QED) is 0.869. The molecule has 2 rings (SSSR count). The number of carboxylic acid groups (broad SMARTS) is 1. The number of carbonyl (C=O) groups excluding carboxylic acids is 1. The van der Waals surface area contributed by atoms with Crippen molar-refractivity contribution in [3.63, 3.8) is 0 Å². The molecular weight excluding hydrogens is 246 g/mol. The third kappa shape index (κ3) is 3.41. The largest absolute Gasteiger partial charge is 0.480 e. The fraction of sp³-hybridized carbons (Fsp3) is 0.154. The van der Waals surface area contributed by atoms with Gasteiger partial charge < -0.3 is 5.11 Å². The molecule has 0 aliphatic heterocycles. The molecule has 0 aliphatic rings. The monoisotopic (exact) mass is 259 g/mol. The molecule has 6 nitrogen and oxygen atoms in total. The van der Waals surface area contributed by atoms with Crippen LogP contribution in [0.25, 0.3) is 0 Å². The van der Waals surface area contributed by atoms with Crippen molar-refractivity contribution in [3.8, 4) is 0 Å². The number of hydrogen-bond donors (Lipinski definition) is 1. The zero-order valence-corrected chi connectivity index (χ0v) is 10.1. The molecule has 0 saturated heterocycles. The number of hydrogen-bond acceptors (Lipinski definition) is 3. The average Bonchev–Trinajstić information content (AvgIpc) is 2.89. The highest BCUT2D eigenvalue weighted by Gasteiger charge is 2.18. The van der Waals surface area contributed by atoms with Gasteiger partial charge in [-0.2, -0.15) is 5.10 Å². The van der Waals surface area contributed by atoms with Crippen molar-refractivity contribution in [2.75, 3.05) is 11.4 Å². The highest BCUT2D eigenvalue weighted by Crippen LogP contribution is 2.13. The molecule has 1 amide bonds. The third-order valence-electron chi connectivity index (χ3n) is 2.52. The van der Waals surface area contributed by atoms with Crippen molar-refractivity contribution in [2.24, 2.45) is 0 Å². The zero-order chi connectivity index (χ0) is 13.7. The number of nitrogens with zero attached hydrogens (tertiary/aromatic N) is 3. The topological polar surface area (TPSA) is 75.4 Å². The van der Waals surface area contributed by atoms with Crippen molar-refractivity contribution in [3.05, 3.63) is 48.8 Å². The normalized spacial score (nSPS) is 10.1. The van der Waals surface area contributed by atoms with Crippen molar-refractivity contribution < 1.29 is 14.7 Å². The van der Waals surface area contributed by atoms with E-state index in [0.29, 0.717) is 5.69 Å². The van der Waals surface area contributed by atoms with Gasteiger partial charge in [0.15, 0.2) is 0 Å². The molecule has 1 N–H and O–H groups in total. The summed E-state index contributed by atoms with van der Waals surface area (Å²) in [5, 5.41) is 12.8. The van der Waals surface area contributed by atoms with Gasteiger partial charge in [-0.15, -0.1) is 0 Å². The minimum Gasteiger partial charge on any atom is -0.480 e. The molecule has 19 heavy (non-hydrogen) atoms. The second kappa shape index (κ2) is 5.81. The lowest BCUT2D eigenvalue weighted by Crippen LogP contribution is -2.38. The fourth-order valence-corrected chi connectivity index (χ4v) is 1.68. The van der Waals surface area contributed by atoms with Gasteiger partial charge in [0.1, 0.15) is 13.1 Å². The van der Waals surface area contributed by atoms with E-state index in [9.17, 15) is 9.59 Å². The summed E-state index contributed by atoms with van der Waals surface area (Å²) in [4.78, 5) is 24.2. The van der Waals surface area contributed by atoms with E-state index < -0.39 is 5.97 Å². The van der Waals surface area contributed by atoms with Gasteiger partial charge in [0.2, 0.25) is 5.91 Å². The van der Waals surface area contributed by atoms with Gasteiger partial charge in [-0.1, -0.05) is 18.2 Å². The van der Waals surface area contributed by atoms with Crippen LogP contribution in [0.15, 0.2) is 48.8 Å². The zero-order valence-electron chi connectivity index (χ0n) is 10.1. The second-order valence-electron chi connectivity index (χ2n) is 3.91. The van der Waals surface area contributed by atoms with Gasteiger partial charge in [0.25, 0.3) is 0 Å². The van der Waals surface area contributed by atoms with E-state index in [1.165, 1.54) is 9.58 Å². The molecule has 0 radical (unpaired) electrons. The number of anilines is 1. The minimum absolute atomic E-state index is 0.00910. The van der Waals surface area contributed by atoms with E-state index in [1.54, 1.807) is 48.8 Å². The van der Waals surface area contributed by atoms with Crippen LogP contribution in [0, 0.1) is 0 Å². The van der Waals surface area contributed by atoms with E-state index in [1.807, 2.05) is 0 Å². The lowest BCUT2D eigenvalue weighted by molar-refractivity contribution is -0.136. The van der Waals surface area contributed by atoms with Crippen LogP contribution in [-0.4, -0.2) is 33.3 Å². The molecular formula is C13H13N3O3. The Labute approximate surface area is 109 Å². The predicted octanol–water partition coefficient (Wildman–Crippen LogP) is 1.00. The van der Waals surface area contributed by atoms with Crippen LogP contribution < -0.4 is 4.90 Å². The second-order valence-corrected chi connectivity index (χ2v) is 3.91. The first-order valence-corrected chi connectivity index (χ1v) is 5.71. The van der Waals surface area contributed by atoms with Crippen molar-refractivity contribution in [1.29, 1.82) is 0 Å². The number of aliphatic carboxylic acids is 1. The number of para-hydroxylation sites is 1. The van der Waals surface area contributed by atoms with Gasteiger partial charge in [-0.25, -0.2) is 0 Å². The SMILES string of the molecule is O=C(O)CN(C(=O)Cn1cccn1)c1ccccc1. The Hall–Kier alpha value is -2.63. The van der Waals surface area contributed by atoms with Crippen LogP contribution in [0.2, 0.25) is 0 Å². The Balaban J connectivity index is 2.18. The molecule has 0 aliphatic carbocycles. The molecule has 0 unspecified atom stereocenters. The summed E-state index contributed by atoms with van der Waals surface area (Å²) < 4.78 is 1.46. The molecule has 0 fully saturated rings.